The van der Waals surface area contributed by atoms with Gasteiger partial charge < -0.3 is 11.1 Å². The number of rotatable bonds is 5. The highest BCUT2D eigenvalue weighted by Crippen LogP contribution is 2.29. The topological polar surface area (TPSA) is 141 Å². The van der Waals surface area contributed by atoms with Gasteiger partial charge in [0.05, 0.1) is 22.2 Å². The first-order valence-corrected chi connectivity index (χ1v) is 11.1. The Hall–Kier alpha value is -5.12. The number of hydrogen-bond acceptors (Lipinski definition) is 7. The van der Waals surface area contributed by atoms with Crippen LogP contribution in [0.1, 0.15) is 27.0 Å². The minimum absolute atomic E-state index is 0.0447. The quantitative estimate of drug-likeness (QED) is 0.210. The number of carbonyl (C=O) groups excluding carboxylic acids is 1. The molecule has 36 heavy (non-hydrogen) atoms. The Balaban J connectivity index is 1.64. The molecule has 1 amide bonds. The van der Waals surface area contributed by atoms with Gasteiger partial charge >= 0.3 is 0 Å². The molecule has 0 saturated heterocycles. The van der Waals surface area contributed by atoms with Crippen LogP contribution in [0.25, 0.3) is 22.2 Å². The van der Waals surface area contributed by atoms with Gasteiger partial charge in [-0.2, -0.15) is 9.78 Å². The third-order valence-electron chi connectivity index (χ3n) is 5.87. The standard InChI is InChI=1S/C26H21N7O3/c1-15-10-11-18(12-16(15)2)29-26(34)22-23-25(31-21-9-4-3-8-20(21)30-23)32(24(22)27)28-14-17-6-5-7-19(13-17)33(35)36/h3-14H,27H2,1-2H3,(H,29,34)/b28-14+. The van der Waals surface area contributed by atoms with Gasteiger partial charge in [-0.25, -0.2) is 9.97 Å². The van der Waals surface area contributed by atoms with Gasteiger partial charge in [-0.15, -0.1) is 0 Å². The van der Waals surface area contributed by atoms with Crippen molar-refractivity contribution in [1.29, 1.82) is 0 Å². The number of amides is 1. The fourth-order valence-electron chi connectivity index (χ4n) is 3.84. The van der Waals surface area contributed by atoms with Crippen LogP contribution < -0.4 is 11.1 Å². The van der Waals surface area contributed by atoms with Gasteiger partial charge in [0.15, 0.2) is 5.65 Å². The molecule has 0 fully saturated rings. The summed E-state index contributed by atoms with van der Waals surface area (Å²) in [7, 11) is 0. The van der Waals surface area contributed by atoms with Gasteiger partial charge in [0, 0.05) is 23.4 Å². The second kappa shape index (κ2) is 8.91. The van der Waals surface area contributed by atoms with E-state index in [9.17, 15) is 14.9 Å². The van der Waals surface area contributed by atoms with E-state index in [4.69, 9.17) is 5.73 Å². The molecule has 0 atom stereocenters. The normalized spacial score (nSPS) is 11.4. The predicted octanol–water partition coefficient (Wildman–Crippen LogP) is 4.83. The Labute approximate surface area is 205 Å². The van der Waals surface area contributed by atoms with Gasteiger partial charge in [-0.1, -0.05) is 30.3 Å². The van der Waals surface area contributed by atoms with Crippen molar-refractivity contribution in [3.05, 3.63) is 99.1 Å². The van der Waals surface area contributed by atoms with Crippen LogP contribution in [-0.4, -0.2) is 31.7 Å². The van der Waals surface area contributed by atoms with Crippen LogP contribution >= 0.6 is 0 Å². The Morgan fingerprint density at radius 3 is 2.50 bits per heavy atom. The van der Waals surface area contributed by atoms with Crippen LogP contribution in [-0.2, 0) is 0 Å². The lowest BCUT2D eigenvalue weighted by Crippen LogP contribution is -2.14. The zero-order valence-corrected chi connectivity index (χ0v) is 19.5. The summed E-state index contributed by atoms with van der Waals surface area (Å²) in [6.45, 7) is 3.96. The maximum atomic E-state index is 13.4. The largest absolute Gasteiger partial charge is 0.383 e. The zero-order valence-electron chi connectivity index (χ0n) is 19.5. The summed E-state index contributed by atoms with van der Waals surface area (Å²) in [5.74, 6) is -0.405. The van der Waals surface area contributed by atoms with Crippen molar-refractivity contribution in [2.45, 2.75) is 13.8 Å². The second-order valence-electron chi connectivity index (χ2n) is 8.31. The summed E-state index contributed by atoms with van der Waals surface area (Å²) in [4.78, 5) is 33.3. The Morgan fingerprint density at radius 1 is 1.03 bits per heavy atom. The summed E-state index contributed by atoms with van der Waals surface area (Å²) in [6.07, 6.45) is 1.42. The van der Waals surface area contributed by atoms with E-state index in [1.807, 2.05) is 44.2 Å². The SMILES string of the molecule is Cc1ccc(NC(=O)c2c(N)n(/N=C/c3cccc([N+](=O)[O-])c3)c3nc4ccccc4nc23)cc1C. The maximum Gasteiger partial charge on any atom is 0.270 e. The van der Waals surface area contributed by atoms with Crippen molar-refractivity contribution in [3.63, 3.8) is 0 Å². The minimum Gasteiger partial charge on any atom is -0.383 e. The zero-order chi connectivity index (χ0) is 25.4. The number of anilines is 2. The second-order valence-corrected chi connectivity index (χ2v) is 8.31. The third kappa shape index (κ3) is 4.11. The van der Waals surface area contributed by atoms with Gasteiger partial charge in [-0.3, -0.25) is 14.9 Å². The number of nitro groups is 1. The first kappa shape index (κ1) is 22.7. The van der Waals surface area contributed by atoms with E-state index in [0.29, 0.717) is 27.8 Å². The van der Waals surface area contributed by atoms with E-state index >= 15 is 0 Å². The van der Waals surface area contributed by atoms with Crippen LogP contribution in [0.4, 0.5) is 17.2 Å². The molecule has 0 radical (unpaired) electrons. The summed E-state index contributed by atoms with van der Waals surface area (Å²) < 4.78 is 1.32. The van der Waals surface area contributed by atoms with Crippen LogP contribution in [0.2, 0.25) is 0 Å². The number of non-ortho nitro benzene ring substituents is 1. The summed E-state index contributed by atoms with van der Waals surface area (Å²) in [5, 5.41) is 18.4. The average molecular weight is 480 g/mol. The lowest BCUT2D eigenvalue weighted by Gasteiger charge is -2.08. The monoisotopic (exact) mass is 479 g/mol. The van der Waals surface area contributed by atoms with Crippen molar-refractivity contribution in [1.82, 2.24) is 14.6 Å². The smallest absolute Gasteiger partial charge is 0.270 e. The highest BCUT2D eigenvalue weighted by atomic mass is 16.6. The first-order valence-electron chi connectivity index (χ1n) is 11.1. The van der Waals surface area contributed by atoms with Crippen molar-refractivity contribution < 1.29 is 9.72 Å². The van der Waals surface area contributed by atoms with Crippen molar-refractivity contribution in [2.75, 3.05) is 11.1 Å². The number of hydrogen-bond donors (Lipinski definition) is 2. The van der Waals surface area contributed by atoms with Gasteiger partial charge in [0.1, 0.15) is 16.9 Å². The van der Waals surface area contributed by atoms with Crippen molar-refractivity contribution >= 4 is 51.5 Å². The maximum absolute atomic E-state index is 13.4. The molecule has 2 aromatic heterocycles. The Kier molecular flexibility index (Phi) is 5.61. The number of nitrogen functional groups attached to an aromatic ring is 1. The number of fused-ring (bicyclic) bond motifs is 2. The Morgan fingerprint density at radius 2 is 1.78 bits per heavy atom. The molecule has 0 aliphatic rings. The number of para-hydroxylation sites is 2. The van der Waals surface area contributed by atoms with Crippen LogP contribution in [0.15, 0.2) is 71.8 Å². The van der Waals surface area contributed by atoms with E-state index in [1.54, 1.807) is 24.3 Å². The molecule has 10 heteroatoms. The number of aromatic nitrogens is 3. The number of nitrogens with one attached hydrogen (secondary N) is 1. The van der Waals surface area contributed by atoms with Crippen molar-refractivity contribution in [2.24, 2.45) is 5.10 Å². The molecular weight excluding hydrogens is 458 g/mol. The molecular formula is C26H21N7O3. The molecule has 0 aliphatic heterocycles. The fourth-order valence-corrected chi connectivity index (χ4v) is 3.84. The third-order valence-corrected chi connectivity index (χ3v) is 5.87. The van der Waals surface area contributed by atoms with Gasteiger partial charge in [0.25, 0.3) is 11.6 Å². The van der Waals surface area contributed by atoms with Gasteiger partial charge in [-0.05, 0) is 49.2 Å². The molecule has 0 spiro atoms. The van der Waals surface area contributed by atoms with E-state index in [0.717, 1.165) is 11.1 Å². The summed E-state index contributed by atoms with van der Waals surface area (Å²) in [5.41, 5.74) is 11.5. The molecule has 0 unspecified atom stereocenters. The van der Waals surface area contributed by atoms with Crippen molar-refractivity contribution in [3.8, 4) is 0 Å². The number of nitro benzene ring substituents is 1. The minimum atomic E-state index is -0.483. The number of nitrogens with two attached hydrogens (primary N) is 1. The average Bonchev–Trinajstić information content (AvgIpc) is 3.13. The number of aryl methyl sites for hydroxylation is 2. The molecule has 3 aromatic carbocycles. The van der Waals surface area contributed by atoms with Crippen LogP contribution in [0.3, 0.4) is 0 Å². The molecule has 0 bridgehead atoms. The molecule has 5 rings (SSSR count). The first-order chi connectivity index (χ1) is 17.3. The van der Waals surface area contributed by atoms with Crippen LogP contribution in [0.5, 0.6) is 0 Å². The summed E-state index contributed by atoms with van der Waals surface area (Å²) >= 11 is 0. The number of nitrogens with zero attached hydrogens (tertiary/aromatic N) is 5. The molecule has 178 valence electrons. The van der Waals surface area contributed by atoms with E-state index in [1.165, 1.54) is 23.0 Å². The molecule has 2 heterocycles. The summed E-state index contributed by atoms with van der Waals surface area (Å²) in [6, 6.07) is 18.9. The molecule has 0 saturated carbocycles. The predicted molar refractivity (Wildman–Crippen MR) is 139 cm³/mol. The molecule has 5 aromatic rings. The lowest BCUT2D eigenvalue weighted by molar-refractivity contribution is -0.384. The fraction of sp³-hybridized carbons (Fsp3) is 0.0769. The Bertz CT molecular complexity index is 1710. The number of carbonyl (C=O) groups is 1. The van der Waals surface area contributed by atoms with E-state index in [2.05, 4.69) is 20.4 Å². The highest BCUT2D eigenvalue weighted by molar-refractivity contribution is 6.16. The molecule has 10 nitrogen and oxygen atoms in total. The van der Waals surface area contributed by atoms with E-state index < -0.39 is 10.8 Å². The highest BCUT2D eigenvalue weighted by Gasteiger charge is 2.24. The number of benzene rings is 3. The van der Waals surface area contributed by atoms with Crippen LogP contribution in [0, 0.1) is 24.0 Å². The van der Waals surface area contributed by atoms with E-state index in [-0.39, 0.29) is 22.7 Å². The lowest BCUT2D eigenvalue weighted by atomic mass is 10.1. The molecule has 0 aliphatic carbocycles. The molecule has 3 N–H and O–H groups in total. The van der Waals surface area contributed by atoms with Gasteiger partial charge in [0.2, 0.25) is 0 Å².